The second-order valence-electron chi connectivity index (χ2n) is 8.09. The Morgan fingerprint density at radius 3 is 2.55 bits per heavy atom. The third kappa shape index (κ3) is 6.36. The Morgan fingerprint density at radius 2 is 1.77 bits per heavy atom. The molecule has 3 aromatic carbocycles. The Hall–Kier alpha value is -1.78. The van der Waals surface area contributed by atoms with Crippen LogP contribution < -0.4 is 10.1 Å². The van der Waals surface area contributed by atoms with E-state index >= 15 is 0 Å². The molecule has 168 valence electrons. The summed E-state index contributed by atoms with van der Waals surface area (Å²) in [5, 5.41) is 6.27. The molecule has 1 unspecified atom stereocenters. The van der Waals surface area contributed by atoms with Crippen LogP contribution in [0.4, 0.5) is 0 Å². The summed E-state index contributed by atoms with van der Waals surface area (Å²) in [6, 6.07) is 22.1. The van der Waals surface area contributed by atoms with Crippen LogP contribution in [0.2, 0.25) is 0 Å². The lowest BCUT2D eigenvalue weighted by Gasteiger charge is -2.23. The van der Waals surface area contributed by atoms with Gasteiger partial charge in [0.25, 0.3) is 0 Å². The van der Waals surface area contributed by atoms with Crippen LogP contribution in [0.15, 0.2) is 60.7 Å². The van der Waals surface area contributed by atoms with Crippen molar-refractivity contribution in [1.29, 1.82) is 0 Å². The second kappa shape index (κ2) is 12.3. The number of nitrogens with zero attached hydrogens (tertiary/aromatic N) is 1. The van der Waals surface area contributed by atoms with E-state index in [1.54, 1.807) is 0 Å². The highest BCUT2D eigenvalue weighted by atomic mass is 35.5. The van der Waals surface area contributed by atoms with Crippen molar-refractivity contribution in [3.63, 3.8) is 0 Å². The molecule has 3 nitrogen and oxygen atoms in total. The van der Waals surface area contributed by atoms with E-state index in [-0.39, 0.29) is 24.8 Å². The molecule has 0 aromatic heterocycles. The molecule has 0 aliphatic carbocycles. The van der Waals surface area contributed by atoms with E-state index in [1.165, 1.54) is 46.8 Å². The Balaban J connectivity index is 0.00000171. The Labute approximate surface area is 199 Å². The van der Waals surface area contributed by atoms with E-state index in [2.05, 4.69) is 84.7 Å². The molecule has 3 aromatic rings. The highest BCUT2D eigenvalue weighted by Gasteiger charge is 2.22. The van der Waals surface area contributed by atoms with Crippen LogP contribution in [-0.4, -0.2) is 30.6 Å². The highest BCUT2D eigenvalue weighted by Crippen LogP contribution is 2.29. The smallest absolute Gasteiger partial charge is 0.124 e. The van der Waals surface area contributed by atoms with Gasteiger partial charge in [0.15, 0.2) is 0 Å². The fraction of sp³-hybridized carbons (Fsp3) is 0.385. The monoisotopic (exact) mass is 460 g/mol. The molecular weight excluding hydrogens is 427 g/mol. The predicted octanol–water partition coefficient (Wildman–Crippen LogP) is 6.14. The summed E-state index contributed by atoms with van der Waals surface area (Å²) in [5.41, 5.74) is 3.74. The molecule has 1 aliphatic heterocycles. The Kier molecular flexibility index (Phi) is 10.1. The fourth-order valence-electron chi connectivity index (χ4n) is 4.39. The number of hydrogen-bond donors (Lipinski definition) is 1. The number of halogens is 2. The van der Waals surface area contributed by atoms with Crippen LogP contribution in [0.3, 0.4) is 0 Å². The summed E-state index contributed by atoms with van der Waals surface area (Å²) < 4.78 is 6.29. The highest BCUT2D eigenvalue weighted by molar-refractivity contribution is 5.87. The van der Waals surface area contributed by atoms with Gasteiger partial charge in [0.1, 0.15) is 12.4 Å². The third-order valence-electron chi connectivity index (χ3n) is 6.10. The number of ether oxygens (including phenoxy) is 1. The van der Waals surface area contributed by atoms with Gasteiger partial charge in [0, 0.05) is 24.7 Å². The first kappa shape index (κ1) is 25.5. The predicted molar refractivity (Wildman–Crippen MR) is 136 cm³/mol. The summed E-state index contributed by atoms with van der Waals surface area (Å²) in [5.74, 6) is 0.982. The number of likely N-dealkylation sites (tertiary alicyclic amines) is 1. The van der Waals surface area contributed by atoms with Crippen molar-refractivity contribution in [3.8, 4) is 5.75 Å². The zero-order valence-corrected chi connectivity index (χ0v) is 20.1. The maximum absolute atomic E-state index is 6.29. The molecule has 0 amide bonds. The molecule has 1 N–H and O–H groups in total. The number of rotatable bonds is 8. The first-order chi connectivity index (χ1) is 14.2. The van der Waals surface area contributed by atoms with Crippen molar-refractivity contribution in [2.45, 2.75) is 45.9 Å². The van der Waals surface area contributed by atoms with Crippen molar-refractivity contribution in [2.24, 2.45) is 0 Å². The van der Waals surface area contributed by atoms with E-state index in [0.29, 0.717) is 12.6 Å². The van der Waals surface area contributed by atoms with Crippen molar-refractivity contribution >= 4 is 35.6 Å². The van der Waals surface area contributed by atoms with Crippen molar-refractivity contribution < 1.29 is 4.74 Å². The molecule has 1 saturated heterocycles. The van der Waals surface area contributed by atoms with Gasteiger partial charge in [0.05, 0.1) is 0 Å². The van der Waals surface area contributed by atoms with Gasteiger partial charge in [-0.05, 0) is 55.3 Å². The van der Waals surface area contributed by atoms with Gasteiger partial charge in [-0.1, -0.05) is 67.1 Å². The van der Waals surface area contributed by atoms with E-state index in [0.717, 1.165) is 25.4 Å². The van der Waals surface area contributed by atoms with E-state index in [4.69, 9.17) is 4.74 Å². The van der Waals surface area contributed by atoms with Crippen molar-refractivity contribution in [2.75, 3.05) is 19.6 Å². The van der Waals surface area contributed by atoms with Crippen LogP contribution in [0, 0.1) is 6.92 Å². The third-order valence-corrected chi connectivity index (χ3v) is 6.10. The largest absolute Gasteiger partial charge is 0.489 e. The molecule has 31 heavy (non-hydrogen) atoms. The molecule has 1 aliphatic rings. The lowest BCUT2D eigenvalue weighted by Crippen LogP contribution is -2.37. The molecule has 0 spiro atoms. The fourth-order valence-corrected chi connectivity index (χ4v) is 4.39. The number of nitrogens with one attached hydrogen (secondary N) is 1. The van der Waals surface area contributed by atoms with Gasteiger partial charge in [-0.2, -0.15) is 0 Å². The van der Waals surface area contributed by atoms with Gasteiger partial charge in [0.2, 0.25) is 0 Å². The Morgan fingerprint density at radius 1 is 1.00 bits per heavy atom. The lowest BCUT2D eigenvalue weighted by molar-refractivity contribution is 0.259. The maximum Gasteiger partial charge on any atom is 0.124 e. The summed E-state index contributed by atoms with van der Waals surface area (Å²) in [6.07, 6.45) is 2.62. The molecular formula is C26H34Cl2N2O. The molecule has 0 radical (unpaired) electrons. The Bertz CT molecular complexity index is 946. The summed E-state index contributed by atoms with van der Waals surface area (Å²) in [6.45, 7) is 9.22. The van der Waals surface area contributed by atoms with Crippen LogP contribution in [-0.2, 0) is 13.2 Å². The van der Waals surface area contributed by atoms with Crippen LogP contribution in [0.25, 0.3) is 10.8 Å². The SMILES string of the molecule is CCN1CCCC1CNCc1c(OCc2ccc(C)cc2)ccc2ccccc12.Cl.Cl. The summed E-state index contributed by atoms with van der Waals surface area (Å²) in [7, 11) is 0. The van der Waals surface area contributed by atoms with Crippen LogP contribution in [0.1, 0.15) is 36.5 Å². The molecule has 1 fully saturated rings. The van der Waals surface area contributed by atoms with E-state index in [1.807, 2.05) is 0 Å². The molecule has 5 heteroatoms. The quantitative estimate of drug-likeness (QED) is 0.436. The van der Waals surface area contributed by atoms with Crippen molar-refractivity contribution in [3.05, 3.63) is 77.4 Å². The summed E-state index contributed by atoms with van der Waals surface area (Å²) in [4.78, 5) is 2.59. The minimum atomic E-state index is 0. The average molecular weight is 461 g/mol. The first-order valence-electron chi connectivity index (χ1n) is 10.9. The molecule has 0 bridgehead atoms. The normalized spacial score (nSPS) is 16.0. The number of fused-ring (bicyclic) bond motifs is 1. The van der Waals surface area contributed by atoms with Crippen LogP contribution in [0.5, 0.6) is 5.75 Å². The van der Waals surface area contributed by atoms with Gasteiger partial charge in [-0.15, -0.1) is 24.8 Å². The number of aryl methyl sites for hydroxylation is 1. The minimum absolute atomic E-state index is 0. The number of benzene rings is 3. The number of likely N-dealkylation sites (N-methyl/N-ethyl adjacent to an activating group) is 1. The standard InChI is InChI=1S/C26H32N2O.2ClH/c1-3-28-16-6-8-23(28)17-27-18-25-24-9-5-4-7-22(24)14-15-26(25)29-19-21-12-10-20(2)11-13-21;;/h4-5,7,9-15,23,27H,3,6,8,16-19H2,1-2H3;2*1H. The molecule has 0 saturated carbocycles. The summed E-state index contributed by atoms with van der Waals surface area (Å²) >= 11 is 0. The van der Waals surface area contributed by atoms with Gasteiger partial charge in [-0.25, -0.2) is 0 Å². The van der Waals surface area contributed by atoms with Crippen LogP contribution >= 0.6 is 24.8 Å². The van der Waals surface area contributed by atoms with Crippen molar-refractivity contribution in [1.82, 2.24) is 10.2 Å². The topological polar surface area (TPSA) is 24.5 Å². The van der Waals surface area contributed by atoms with Gasteiger partial charge < -0.3 is 10.1 Å². The minimum Gasteiger partial charge on any atom is -0.489 e. The van der Waals surface area contributed by atoms with Gasteiger partial charge in [-0.3, -0.25) is 4.90 Å². The first-order valence-corrected chi connectivity index (χ1v) is 10.9. The zero-order valence-electron chi connectivity index (χ0n) is 18.5. The molecule has 4 rings (SSSR count). The van der Waals surface area contributed by atoms with E-state index in [9.17, 15) is 0 Å². The zero-order chi connectivity index (χ0) is 20.1. The van der Waals surface area contributed by atoms with E-state index < -0.39 is 0 Å². The average Bonchev–Trinajstić information content (AvgIpc) is 3.21. The molecule has 1 atom stereocenters. The lowest BCUT2D eigenvalue weighted by atomic mass is 10.0. The second-order valence-corrected chi connectivity index (χ2v) is 8.09. The van der Waals surface area contributed by atoms with Gasteiger partial charge >= 0.3 is 0 Å². The number of hydrogen-bond acceptors (Lipinski definition) is 3. The maximum atomic E-state index is 6.29. The molecule has 1 heterocycles.